The topological polar surface area (TPSA) is 46.5 Å². The molecule has 0 amide bonds. The minimum absolute atomic E-state index is 0.687. The molecule has 0 aliphatic heterocycles. The van der Waals surface area contributed by atoms with Crippen molar-refractivity contribution >= 4 is 5.97 Å². The molecule has 0 aromatic carbocycles. The minimum Gasteiger partial charge on any atom is -0.469 e. The van der Waals surface area contributed by atoms with E-state index >= 15 is 0 Å². The van der Waals surface area contributed by atoms with Gasteiger partial charge in [-0.1, -0.05) is 0 Å². The lowest BCUT2D eigenvalue weighted by atomic mass is 10.0. The van der Waals surface area contributed by atoms with Crippen molar-refractivity contribution in [1.29, 1.82) is 0 Å². The van der Waals surface area contributed by atoms with Crippen molar-refractivity contribution in [3.8, 4) is 0 Å². The maximum atomic E-state index is 12.5. The van der Waals surface area contributed by atoms with Gasteiger partial charge in [0.2, 0.25) is 0 Å². The van der Waals surface area contributed by atoms with Crippen LogP contribution in [0.15, 0.2) is 0 Å². The zero-order chi connectivity index (χ0) is 13.6. The number of carbonyl (C=O) groups is 1. The van der Waals surface area contributed by atoms with E-state index in [0.29, 0.717) is 7.11 Å². The Morgan fingerprint density at radius 2 is 1.65 bits per heavy atom. The number of hydrogen-bond donors (Lipinski definition) is 1. The molecule has 1 aliphatic rings. The molecular weight excluding hydrogens is 258 g/mol. The van der Waals surface area contributed by atoms with Gasteiger partial charge in [-0.25, -0.2) is 0 Å². The van der Waals surface area contributed by atoms with Gasteiger partial charge in [-0.05, 0) is 0 Å². The quantitative estimate of drug-likeness (QED) is 0.608. The average Bonchev–Trinajstić information content (AvgIpc) is 2.84. The van der Waals surface area contributed by atoms with Crippen molar-refractivity contribution in [3.63, 3.8) is 0 Å². The van der Waals surface area contributed by atoms with Gasteiger partial charge in [0.25, 0.3) is 0 Å². The lowest BCUT2D eigenvalue weighted by molar-refractivity contribution is -0.311. The summed E-state index contributed by atoms with van der Waals surface area (Å²) in [6.45, 7) is -1.39. The van der Waals surface area contributed by atoms with E-state index in [4.69, 9.17) is 5.11 Å². The van der Waals surface area contributed by atoms with Crippen LogP contribution in [0.1, 0.15) is 0 Å². The number of halogens is 6. The van der Waals surface area contributed by atoms with Gasteiger partial charge >= 0.3 is 18.3 Å². The highest BCUT2D eigenvalue weighted by Crippen LogP contribution is 2.74. The first-order valence-electron chi connectivity index (χ1n) is 4.37. The second-order valence-electron chi connectivity index (χ2n) is 3.65. The number of ether oxygens (including phenoxy) is 1. The van der Waals surface area contributed by atoms with Crippen LogP contribution in [0.5, 0.6) is 0 Å². The molecule has 100 valence electrons. The van der Waals surface area contributed by atoms with Gasteiger partial charge < -0.3 is 9.84 Å². The molecule has 0 spiro atoms. The molecule has 0 saturated heterocycles. The second-order valence-corrected chi connectivity index (χ2v) is 3.65. The van der Waals surface area contributed by atoms with E-state index in [1.54, 1.807) is 0 Å². The molecule has 0 aromatic rings. The van der Waals surface area contributed by atoms with Crippen LogP contribution in [0, 0.1) is 17.3 Å². The van der Waals surface area contributed by atoms with Gasteiger partial charge in [0, 0.05) is 12.5 Å². The molecule has 17 heavy (non-hydrogen) atoms. The second kappa shape index (κ2) is 3.76. The molecule has 3 nitrogen and oxygen atoms in total. The summed E-state index contributed by atoms with van der Waals surface area (Å²) in [5.74, 6) is -6.30. The van der Waals surface area contributed by atoms with Crippen LogP contribution in [-0.2, 0) is 9.53 Å². The van der Waals surface area contributed by atoms with E-state index in [0.717, 1.165) is 0 Å². The van der Waals surface area contributed by atoms with Crippen molar-refractivity contribution in [2.75, 3.05) is 13.7 Å². The Kier molecular flexibility index (Phi) is 3.11. The fourth-order valence-corrected chi connectivity index (χ4v) is 2.12. The fourth-order valence-electron chi connectivity index (χ4n) is 2.12. The molecule has 2 unspecified atom stereocenters. The number of rotatable bonds is 2. The Bertz CT molecular complexity index is 306. The van der Waals surface area contributed by atoms with Gasteiger partial charge in [-0.15, -0.1) is 0 Å². The third kappa shape index (κ3) is 1.67. The highest BCUT2D eigenvalue weighted by atomic mass is 19.4. The zero-order valence-electron chi connectivity index (χ0n) is 8.39. The third-order valence-electron chi connectivity index (χ3n) is 2.96. The number of aliphatic hydroxyl groups excluding tert-OH is 1. The Morgan fingerprint density at radius 3 is 1.82 bits per heavy atom. The molecule has 1 fully saturated rings. The van der Waals surface area contributed by atoms with Crippen molar-refractivity contribution in [1.82, 2.24) is 0 Å². The Labute approximate surface area is 91.4 Å². The first-order chi connectivity index (χ1) is 7.55. The van der Waals surface area contributed by atoms with Crippen LogP contribution >= 0.6 is 0 Å². The van der Waals surface area contributed by atoms with Crippen molar-refractivity contribution in [2.45, 2.75) is 12.4 Å². The molecule has 0 aromatic heterocycles. The van der Waals surface area contributed by atoms with E-state index in [1.165, 1.54) is 0 Å². The lowest BCUT2D eigenvalue weighted by Crippen LogP contribution is -2.43. The lowest BCUT2D eigenvalue weighted by Gasteiger charge is -2.24. The predicted octanol–water partition coefficient (Wildman–Crippen LogP) is 1.51. The highest BCUT2D eigenvalue weighted by molar-refractivity contribution is 5.78. The summed E-state index contributed by atoms with van der Waals surface area (Å²) < 4.78 is 79.1. The summed E-state index contributed by atoms with van der Waals surface area (Å²) in [4.78, 5) is 10.9. The largest absolute Gasteiger partial charge is 0.469 e. The normalized spacial score (nSPS) is 27.8. The Hall–Kier alpha value is -0.990. The summed E-state index contributed by atoms with van der Waals surface area (Å²) >= 11 is 0. The number of methoxy groups -OCH3 is 1. The van der Waals surface area contributed by atoms with E-state index in [-0.39, 0.29) is 0 Å². The molecule has 0 heterocycles. The maximum Gasteiger partial charge on any atom is 0.404 e. The van der Waals surface area contributed by atoms with Crippen LogP contribution in [-0.4, -0.2) is 37.1 Å². The van der Waals surface area contributed by atoms with Crippen LogP contribution in [0.25, 0.3) is 0 Å². The van der Waals surface area contributed by atoms with Crippen molar-refractivity contribution in [3.05, 3.63) is 0 Å². The fraction of sp³-hybridized carbons (Fsp3) is 0.875. The standard InChI is InChI=1S/C8H8F6O3/c1-17-5(16)4-3(2-15)6(4,7(9,10)11)8(12,13)14/h3-4,15H,2H2,1H3. The van der Waals surface area contributed by atoms with Crippen molar-refractivity contribution < 1.29 is 41.0 Å². The van der Waals surface area contributed by atoms with Crippen LogP contribution in [0.3, 0.4) is 0 Å². The molecule has 2 atom stereocenters. The summed E-state index contributed by atoms with van der Waals surface area (Å²) in [7, 11) is 0.687. The molecule has 9 heteroatoms. The van der Waals surface area contributed by atoms with Gasteiger partial charge in [0.05, 0.1) is 13.0 Å². The zero-order valence-corrected chi connectivity index (χ0v) is 8.39. The number of esters is 1. The molecule has 1 rings (SSSR count). The third-order valence-corrected chi connectivity index (χ3v) is 2.96. The number of hydrogen-bond acceptors (Lipinski definition) is 3. The first kappa shape index (κ1) is 14.1. The van der Waals surface area contributed by atoms with Crippen LogP contribution in [0.4, 0.5) is 26.3 Å². The monoisotopic (exact) mass is 266 g/mol. The van der Waals surface area contributed by atoms with Crippen LogP contribution < -0.4 is 0 Å². The molecule has 0 bridgehead atoms. The number of carbonyl (C=O) groups excluding carboxylic acids is 1. The SMILES string of the molecule is COC(=O)C1C(CO)C1(C(F)(F)F)C(F)(F)F. The first-order valence-corrected chi connectivity index (χ1v) is 4.37. The molecule has 0 radical (unpaired) electrons. The number of alkyl halides is 6. The minimum atomic E-state index is -5.67. The summed E-state index contributed by atoms with van der Waals surface area (Å²) in [6.07, 6.45) is -11.3. The van der Waals surface area contributed by atoms with E-state index in [9.17, 15) is 31.1 Å². The van der Waals surface area contributed by atoms with Gasteiger partial charge in [0.15, 0.2) is 5.41 Å². The van der Waals surface area contributed by atoms with Crippen molar-refractivity contribution in [2.24, 2.45) is 17.3 Å². The van der Waals surface area contributed by atoms with Gasteiger partial charge in [0.1, 0.15) is 0 Å². The van der Waals surface area contributed by atoms with E-state index in [1.807, 2.05) is 0 Å². The summed E-state index contributed by atoms with van der Waals surface area (Å²) in [6, 6.07) is 0. The molecule has 1 saturated carbocycles. The van der Waals surface area contributed by atoms with E-state index < -0.39 is 42.2 Å². The highest BCUT2D eigenvalue weighted by Gasteiger charge is 2.91. The van der Waals surface area contributed by atoms with Gasteiger partial charge in [-0.3, -0.25) is 4.79 Å². The average molecular weight is 266 g/mol. The maximum absolute atomic E-state index is 12.5. The molecule has 1 N–H and O–H groups in total. The molecule has 1 aliphatic carbocycles. The Balaban J connectivity index is 3.24. The van der Waals surface area contributed by atoms with E-state index in [2.05, 4.69) is 4.74 Å². The predicted molar refractivity (Wildman–Crippen MR) is 40.6 cm³/mol. The number of aliphatic hydroxyl groups is 1. The van der Waals surface area contributed by atoms with Gasteiger partial charge in [-0.2, -0.15) is 26.3 Å². The van der Waals surface area contributed by atoms with Crippen LogP contribution in [0.2, 0.25) is 0 Å². The Morgan fingerprint density at radius 1 is 1.24 bits per heavy atom. The molecular formula is C8H8F6O3. The summed E-state index contributed by atoms with van der Waals surface area (Å²) in [5.41, 5.74) is -4.19. The summed E-state index contributed by atoms with van der Waals surface area (Å²) in [5, 5.41) is 8.58. The smallest absolute Gasteiger partial charge is 0.404 e.